The van der Waals surface area contributed by atoms with Gasteiger partial charge in [-0.05, 0) is 42.0 Å². The number of para-hydroxylation sites is 2. The molecule has 31 heavy (non-hydrogen) atoms. The summed E-state index contributed by atoms with van der Waals surface area (Å²) in [4.78, 5) is 28.5. The molecule has 0 radical (unpaired) electrons. The van der Waals surface area contributed by atoms with Crippen molar-refractivity contribution in [2.75, 3.05) is 5.75 Å². The Bertz CT molecular complexity index is 1190. The van der Waals surface area contributed by atoms with Gasteiger partial charge in [-0.1, -0.05) is 23.9 Å². The SMILES string of the molecule is Cc1c(SCCCn2c([N+](=O)[O-])cnc2C)ccnc1CSc1nc2ccccc2[nH]1. The zero-order chi connectivity index (χ0) is 21.8. The zero-order valence-corrected chi connectivity index (χ0v) is 18.9. The van der Waals surface area contributed by atoms with E-state index in [2.05, 4.69) is 26.9 Å². The van der Waals surface area contributed by atoms with Crippen molar-refractivity contribution in [1.82, 2.24) is 24.5 Å². The van der Waals surface area contributed by atoms with E-state index in [-0.39, 0.29) is 10.7 Å². The van der Waals surface area contributed by atoms with E-state index in [1.165, 1.54) is 16.7 Å². The van der Waals surface area contributed by atoms with Gasteiger partial charge in [-0.3, -0.25) is 4.98 Å². The number of thioether (sulfide) groups is 2. The maximum atomic E-state index is 11.1. The van der Waals surface area contributed by atoms with Crippen LogP contribution in [-0.4, -0.2) is 35.2 Å². The lowest BCUT2D eigenvalue weighted by molar-refractivity contribution is -0.392. The molecule has 0 saturated heterocycles. The lowest BCUT2D eigenvalue weighted by Crippen LogP contribution is -2.06. The Hall–Kier alpha value is -2.85. The van der Waals surface area contributed by atoms with Crippen molar-refractivity contribution in [3.05, 3.63) is 69.9 Å². The number of hydrogen-bond donors (Lipinski definition) is 1. The van der Waals surface area contributed by atoms with Crippen molar-refractivity contribution in [1.29, 1.82) is 0 Å². The van der Waals surface area contributed by atoms with Crippen LogP contribution >= 0.6 is 23.5 Å². The number of benzene rings is 1. The lowest BCUT2D eigenvalue weighted by atomic mass is 10.2. The normalized spacial score (nSPS) is 11.3. The van der Waals surface area contributed by atoms with Gasteiger partial charge in [0.05, 0.1) is 23.3 Å². The van der Waals surface area contributed by atoms with Crippen LogP contribution < -0.4 is 0 Å². The molecular formula is C21H22N6O2S2. The third-order valence-electron chi connectivity index (χ3n) is 4.98. The first-order valence-electron chi connectivity index (χ1n) is 9.84. The molecule has 0 bridgehead atoms. The summed E-state index contributed by atoms with van der Waals surface area (Å²) in [7, 11) is 0. The molecule has 0 amide bonds. The van der Waals surface area contributed by atoms with Gasteiger partial charge >= 0.3 is 5.82 Å². The molecule has 4 aromatic rings. The topological polar surface area (TPSA) is 103 Å². The number of aromatic nitrogens is 5. The smallest absolute Gasteiger partial charge is 0.342 e. The fraction of sp³-hybridized carbons (Fsp3) is 0.286. The van der Waals surface area contributed by atoms with Crippen molar-refractivity contribution >= 4 is 40.4 Å². The Morgan fingerprint density at radius 3 is 2.81 bits per heavy atom. The minimum absolute atomic E-state index is 0.0486. The van der Waals surface area contributed by atoms with Gasteiger partial charge < -0.3 is 15.1 Å². The Labute approximate surface area is 188 Å². The molecule has 160 valence electrons. The molecule has 0 aliphatic rings. The number of nitro groups is 1. The van der Waals surface area contributed by atoms with Gasteiger partial charge in [0.25, 0.3) is 0 Å². The molecule has 0 atom stereocenters. The molecule has 0 spiro atoms. The first-order chi connectivity index (χ1) is 15.0. The Balaban J connectivity index is 1.34. The van der Waals surface area contributed by atoms with Crippen LogP contribution in [0.1, 0.15) is 23.5 Å². The van der Waals surface area contributed by atoms with E-state index in [1.807, 2.05) is 36.5 Å². The lowest BCUT2D eigenvalue weighted by Gasteiger charge is -2.09. The van der Waals surface area contributed by atoms with Crippen LogP contribution in [0.25, 0.3) is 11.0 Å². The standard InChI is InChI=1S/C21H22N6O2S2/c1-14-18(13-31-21-24-16-6-3-4-7-17(16)25-21)22-9-8-19(14)30-11-5-10-26-15(2)23-12-20(26)27(28)29/h3-4,6-9,12H,5,10-11,13H2,1-2H3,(H,24,25). The average Bonchev–Trinajstić information content (AvgIpc) is 3.34. The number of imidazole rings is 2. The van der Waals surface area contributed by atoms with Crippen LogP contribution in [0.5, 0.6) is 0 Å². The van der Waals surface area contributed by atoms with Crippen molar-refractivity contribution in [2.45, 2.75) is 42.6 Å². The minimum Gasteiger partial charge on any atom is -0.358 e. The molecule has 3 heterocycles. The summed E-state index contributed by atoms with van der Waals surface area (Å²) in [6, 6.07) is 10.0. The largest absolute Gasteiger partial charge is 0.358 e. The number of fused-ring (bicyclic) bond motifs is 1. The van der Waals surface area contributed by atoms with Crippen molar-refractivity contribution < 1.29 is 4.92 Å². The first kappa shape index (κ1) is 21.4. The number of aromatic amines is 1. The Kier molecular flexibility index (Phi) is 6.57. The molecule has 1 aromatic carbocycles. The van der Waals surface area contributed by atoms with Gasteiger partial charge in [0.15, 0.2) is 11.0 Å². The highest BCUT2D eigenvalue weighted by molar-refractivity contribution is 7.99. The minimum atomic E-state index is -0.383. The molecule has 1 N–H and O–H groups in total. The summed E-state index contributed by atoms with van der Waals surface area (Å²) in [5.74, 6) is 2.31. The molecule has 10 heteroatoms. The number of nitrogens with one attached hydrogen (secondary N) is 1. The van der Waals surface area contributed by atoms with Gasteiger partial charge in [-0.15, -0.1) is 11.8 Å². The van der Waals surface area contributed by atoms with Gasteiger partial charge in [-0.2, -0.15) is 0 Å². The second-order valence-corrected chi connectivity index (χ2v) is 9.10. The molecule has 4 rings (SSSR count). The van der Waals surface area contributed by atoms with Gasteiger partial charge in [-0.25, -0.2) is 14.5 Å². The molecule has 0 aliphatic heterocycles. The summed E-state index contributed by atoms with van der Waals surface area (Å²) in [5, 5.41) is 12.0. The summed E-state index contributed by atoms with van der Waals surface area (Å²) in [5.41, 5.74) is 4.21. The molecule has 0 aliphatic carbocycles. The van der Waals surface area contributed by atoms with Gasteiger partial charge in [0, 0.05) is 29.5 Å². The number of rotatable bonds is 9. The monoisotopic (exact) mass is 454 g/mol. The summed E-state index contributed by atoms with van der Waals surface area (Å²) >= 11 is 3.39. The van der Waals surface area contributed by atoms with Crippen LogP contribution in [0.2, 0.25) is 0 Å². The van der Waals surface area contributed by atoms with Crippen molar-refractivity contribution in [3.63, 3.8) is 0 Å². The molecule has 3 aromatic heterocycles. The van der Waals surface area contributed by atoms with E-state index in [1.54, 1.807) is 35.0 Å². The van der Waals surface area contributed by atoms with E-state index in [0.717, 1.165) is 39.8 Å². The summed E-state index contributed by atoms with van der Waals surface area (Å²) < 4.78 is 1.66. The van der Waals surface area contributed by atoms with E-state index in [0.29, 0.717) is 12.4 Å². The maximum Gasteiger partial charge on any atom is 0.342 e. The molecule has 0 saturated carbocycles. The predicted octanol–water partition coefficient (Wildman–Crippen LogP) is 5.15. The van der Waals surface area contributed by atoms with Crippen LogP contribution in [0.4, 0.5) is 5.82 Å². The second-order valence-electron chi connectivity index (χ2n) is 7.00. The zero-order valence-electron chi connectivity index (χ0n) is 17.2. The second kappa shape index (κ2) is 9.52. The van der Waals surface area contributed by atoms with Crippen molar-refractivity contribution in [2.24, 2.45) is 0 Å². The molecule has 0 fully saturated rings. The third kappa shape index (κ3) is 4.91. The third-order valence-corrected chi connectivity index (χ3v) is 7.11. The fourth-order valence-electron chi connectivity index (χ4n) is 3.28. The van der Waals surface area contributed by atoms with E-state index < -0.39 is 0 Å². The number of hydrogen-bond acceptors (Lipinski definition) is 7. The van der Waals surface area contributed by atoms with E-state index in [4.69, 9.17) is 0 Å². The van der Waals surface area contributed by atoms with Crippen LogP contribution in [0, 0.1) is 24.0 Å². The number of pyridine rings is 1. The van der Waals surface area contributed by atoms with Gasteiger partial charge in [0.2, 0.25) is 0 Å². The highest BCUT2D eigenvalue weighted by atomic mass is 32.2. The van der Waals surface area contributed by atoms with Crippen molar-refractivity contribution in [3.8, 4) is 0 Å². The molecular weight excluding hydrogens is 432 g/mol. The van der Waals surface area contributed by atoms with Gasteiger partial charge in [0.1, 0.15) is 6.20 Å². The number of aryl methyl sites for hydroxylation is 1. The predicted molar refractivity (Wildman–Crippen MR) is 124 cm³/mol. The average molecular weight is 455 g/mol. The number of nitrogens with zero attached hydrogens (tertiary/aromatic N) is 5. The summed E-state index contributed by atoms with van der Waals surface area (Å²) in [6.45, 7) is 4.46. The summed E-state index contributed by atoms with van der Waals surface area (Å²) in [6.07, 6.45) is 3.98. The Morgan fingerprint density at radius 2 is 2.00 bits per heavy atom. The van der Waals surface area contributed by atoms with Crippen LogP contribution in [0.3, 0.4) is 0 Å². The van der Waals surface area contributed by atoms with E-state index in [9.17, 15) is 10.1 Å². The number of H-pyrrole nitrogens is 1. The van der Waals surface area contributed by atoms with Crippen LogP contribution in [-0.2, 0) is 12.3 Å². The molecule has 0 unspecified atom stereocenters. The highest BCUT2D eigenvalue weighted by Crippen LogP contribution is 2.29. The van der Waals surface area contributed by atoms with Crippen LogP contribution in [0.15, 0.2) is 52.8 Å². The fourth-order valence-corrected chi connectivity index (χ4v) is 5.17. The Morgan fingerprint density at radius 1 is 1.16 bits per heavy atom. The quantitative estimate of drug-likeness (QED) is 0.161. The maximum absolute atomic E-state index is 11.1. The first-order valence-corrected chi connectivity index (χ1v) is 11.8. The molecule has 8 nitrogen and oxygen atoms in total. The highest BCUT2D eigenvalue weighted by Gasteiger charge is 2.17. The van der Waals surface area contributed by atoms with E-state index >= 15 is 0 Å².